The van der Waals surface area contributed by atoms with Crippen molar-refractivity contribution in [2.45, 2.75) is 55.3 Å². The van der Waals surface area contributed by atoms with E-state index in [0.717, 1.165) is 17.5 Å². The molecule has 0 unspecified atom stereocenters. The Hall–Kier alpha value is -1.16. The quantitative estimate of drug-likeness (QED) is 0.761. The monoisotopic (exact) mass is 403 g/mol. The third-order valence-electron chi connectivity index (χ3n) is 4.06. The summed E-state index contributed by atoms with van der Waals surface area (Å²) in [5.41, 5.74) is 1.71. The molecule has 1 aromatic carbocycles. The minimum atomic E-state index is -4.36. The Labute approximate surface area is 157 Å². The van der Waals surface area contributed by atoms with Crippen molar-refractivity contribution in [2.75, 3.05) is 0 Å². The molecule has 2 atom stereocenters. The Morgan fingerprint density at radius 1 is 1.31 bits per heavy atom. The summed E-state index contributed by atoms with van der Waals surface area (Å²) in [6, 6.07) is 3.51. The number of rotatable bonds is 3. The van der Waals surface area contributed by atoms with Crippen LogP contribution in [-0.4, -0.2) is 18.9 Å². The van der Waals surface area contributed by atoms with E-state index in [2.05, 4.69) is 9.71 Å². The van der Waals surface area contributed by atoms with E-state index in [0.29, 0.717) is 16.3 Å². The van der Waals surface area contributed by atoms with E-state index in [1.54, 1.807) is 6.33 Å². The van der Waals surface area contributed by atoms with Gasteiger partial charge in [0.1, 0.15) is 4.75 Å². The summed E-state index contributed by atoms with van der Waals surface area (Å²) in [4.78, 5) is 5.01. The van der Waals surface area contributed by atoms with Crippen LogP contribution >= 0.6 is 11.8 Å². The second kappa shape index (κ2) is 6.78. The number of imidazole rings is 1. The van der Waals surface area contributed by atoms with Crippen LogP contribution < -0.4 is 4.72 Å². The molecule has 9 heteroatoms. The van der Waals surface area contributed by atoms with Crippen molar-refractivity contribution in [3.05, 3.63) is 41.5 Å². The Morgan fingerprint density at radius 2 is 2.00 bits per heavy atom. The lowest BCUT2D eigenvalue weighted by Crippen LogP contribution is -2.40. The Balaban J connectivity index is 1.90. The molecule has 1 aliphatic heterocycles. The molecular formula is C17H20F3N3OS2. The number of fused-ring (bicyclic) bond motifs is 3. The van der Waals surface area contributed by atoms with E-state index < -0.39 is 27.8 Å². The van der Waals surface area contributed by atoms with Crippen molar-refractivity contribution in [1.29, 1.82) is 0 Å². The topological polar surface area (TPSA) is 52.9 Å². The van der Waals surface area contributed by atoms with Crippen LogP contribution in [0.3, 0.4) is 0 Å². The smallest absolute Gasteiger partial charge is 0.416 e. The SMILES string of the molecule is C[C@H](N[S@@+]([O-])C(C)(C)C)c1ncn2c1CSc1cc(C(F)(F)F)ccc1-2. The van der Waals surface area contributed by atoms with Gasteiger partial charge in [-0.1, -0.05) is 0 Å². The molecule has 0 saturated heterocycles. The zero-order valence-corrected chi connectivity index (χ0v) is 16.5. The van der Waals surface area contributed by atoms with Gasteiger partial charge in [-0.3, -0.25) is 0 Å². The van der Waals surface area contributed by atoms with Crippen LogP contribution in [0.5, 0.6) is 0 Å². The molecule has 2 heterocycles. The molecule has 0 aliphatic carbocycles. The molecule has 142 valence electrons. The first-order valence-corrected chi connectivity index (χ1v) is 10.2. The molecule has 0 amide bonds. The molecule has 0 spiro atoms. The van der Waals surface area contributed by atoms with Crippen molar-refractivity contribution < 1.29 is 17.7 Å². The van der Waals surface area contributed by atoms with Crippen molar-refractivity contribution in [3.8, 4) is 5.69 Å². The van der Waals surface area contributed by atoms with E-state index in [1.165, 1.54) is 23.9 Å². The molecule has 0 fully saturated rings. The number of hydrogen-bond donors (Lipinski definition) is 1. The number of nitrogens with one attached hydrogen (secondary N) is 1. The highest BCUT2D eigenvalue weighted by Gasteiger charge is 2.33. The van der Waals surface area contributed by atoms with Crippen LogP contribution in [0.1, 0.15) is 50.7 Å². The third-order valence-corrected chi connectivity index (χ3v) is 6.80. The van der Waals surface area contributed by atoms with Gasteiger partial charge in [-0.05, 0) is 45.9 Å². The second-order valence-electron chi connectivity index (χ2n) is 7.14. The summed E-state index contributed by atoms with van der Waals surface area (Å²) in [6.07, 6.45) is -2.74. The highest BCUT2D eigenvalue weighted by atomic mass is 32.2. The Bertz CT molecular complexity index is 815. The van der Waals surface area contributed by atoms with Crippen LogP contribution in [0.4, 0.5) is 13.2 Å². The van der Waals surface area contributed by atoms with E-state index in [1.807, 2.05) is 32.3 Å². The lowest BCUT2D eigenvalue weighted by Gasteiger charge is -2.27. The third kappa shape index (κ3) is 3.76. The molecule has 1 aliphatic rings. The van der Waals surface area contributed by atoms with Gasteiger partial charge in [-0.25, -0.2) is 4.98 Å². The minimum absolute atomic E-state index is 0.233. The van der Waals surface area contributed by atoms with Crippen LogP contribution in [0, 0.1) is 0 Å². The highest BCUT2D eigenvalue weighted by molar-refractivity contribution is 7.98. The normalized spacial score (nSPS) is 16.8. The minimum Gasteiger partial charge on any atom is -0.598 e. The molecule has 0 bridgehead atoms. The van der Waals surface area contributed by atoms with E-state index in [4.69, 9.17) is 0 Å². The largest absolute Gasteiger partial charge is 0.598 e. The zero-order valence-electron chi connectivity index (χ0n) is 14.8. The van der Waals surface area contributed by atoms with Gasteiger partial charge < -0.3 is 9.12 Å². The van der Waals surface area contributed by atoms with Crippen LogP contribution in [-0.2, 0) is 23.3 Å². The standard InChI is InChI=1S/C17H20F3N3OS2/c1-10(22-26(24)16(2,3)4)15-13-8-25-14-7-11(17(18,19)20)5-6-12(14)23(13)9-21-15/h5-7,9-10,22H,8H2,1-4H3/t10-,26-/m0/s1. The molecule has 2 aromatic rings. The number of halogens is 3. The fourth-order valence-electron chi connectivity index (χ4n) is 2.64. The van der Waals surface area contributed by atoms with E-state index in [9.17, 15) is 17.7 Å². The molecule has 4 nitrogen and oxygen atoms in total. The summed E-state index contributed by atoms with van der Waals surface area (Å²) in [5, 5.41) is 0. The summed E-state index contributed by atoms with van der Waals surface area (Å²) in [7, 11) is 0. The predicted molar refractivity (Wildman–Crippen MR) is 97.6 cm³/mol. The van der Waals surface area contributed by atoms with Crippen LogP contribution in [0.25, 0.3) is 5.69 Å². The van der Waals surface area contributed by atoms with Crippen molar-refractivity contribution in [1.82, 2.24) is 14.3 Å². The van der Waals surface area contributed by atoms with Gasteiger partial charge in [-0.15, -0.1) is 16.5 Å². The lowest BCUT2D eigenvalue weighted by atomic mass is 10.1. The average Bonchev–Trinajstić information content (AvgIpc) is 2.96. The van der Waals surface area contributed by atoms with Crippen molar-refractivity contribution in [3.63, 3.8) is 0 Å². The van der Waals surface area contributed by atoms with Crippen LogP contribution in [0.15, 0.2) is 29.4 Å². The summed E-state index contributed by atoms with van der Waals surface area (Å²) >= 11 is 0.116. The van der Waals surface area contributed by atoms with Gasteiger partial charge in [-0.2, -0.15) is 13.2 Å². The summed E-state index contributed by atoms with van der Waals surface area (Å²) in [6.45, 7) is 7.54. The maximum Gasteiger partial charge on any atom is 0.416 e. The van der Waals surface area contributed by atoms with E-state index >= 15 is 0 Å². The van der Waals surface area contributed by atoms with Gasteiger partial charge in [0, 0.05) is 22.0 Å². The summed E-state index contributed by atoms with van der Waals surface area (Å²) < 4.78 is 55.6. The molecule has 3 rings (SSSR count). The van der Waals surface area contributed by atoms with Gasteiger partial charge in [0.25, 0.3) is 0 Å². The fourth-order valence-corrected chi connectivity index (χ4v) is 4.53. The fraction of sp³-hybridized carbons (Fsp3) is 0.471. The van der Waals surface area contributed by atoms with E-state index in [-0.39, 0.29) is 6.04 Å². The summed E-state index contributed by atoms with van der Waals surface area (Å²) in [5.74, 6) is 0.512. The molecule has 26 heavy (non-hydrogen) atoms. The maximum atomic E-state index is 12.9. The number of alkyl halides is 3. The predicted octanol–water partition coefficient (Wildman–Crippen LogP) is 4.61. The van der Waals surface area contributed by atoms with Crippen molar-refractivity contribution in [2.24, 2.45) is 0 Å². The maximum absolute atomic E-state index is 12.9. The number of benzene rings is 1. The molecule has 0 radical (unpaired) electrons. The molecule has 1 N–H and O–H groups in total. The number of nitrogens with zero attached hydrogens (tertiary/aromatic N) is 2. The first kappa shape index (κ1) is 19.6. The van der Waals surface area contributed by atoms with Gasteiger partial charge in [0.2, 0.25) is 0 Å². The van der Waals surface area contributed by atoms with Crippen molar-refractivity contribution >= 4 is 23.1 Å². The second-order valence-corrected chi connectivity index (χ2v) is 10.2. The highest BCUT2D eigenvalue weighted by Crippen LogP contribution is 2.40. The average molecular weight is 403 g/mol. The first-order chi connectivity index (χ1) is 12.0. The number of thioether (sulfide) groups is 1. The van der Waals surface area contributed by atoms with Gasteiger partial charge in [0.05, 0.1) is 35.0 Å². The Morgan fingerprint density at radius 3 is 2.62 bits per heavy atom. The lowest BCUT2D eigenvalue weighted by molar-refractivity contribution is -0.137. The number of aromatic nitrogens is 2. The van der Waals surface area contributed by atoms with Crippen LogP contribution in [0.2, 0.25) is 0 Å². The Kier molecular flexibility index (Phi) is 5.11. The molecule has 0 saturated carbocycles. The number of hydrogen-bond acceptors (Lipinski definition) is 4. The zero-order chi connectivity index (χ0) is 19.3. The van der Waals surface area contributed by atoms with Gasteiger partial charge in [0.15, 0.2) is 0 Å². The molecule has 1 aromatic heterocycles. The molecular weight excluding hydrogens is 383 g/mol. The first-order valence-electron chi connectivity index (χ1n) is 8.07. The van der Waals surface area contributed by atoms with Gasteiger partial charge >= 0.3 is 6.18 Å².